The Kier molecular flexibility index (Phi) is 12.4. The van der Waals surface area contributed by atoms with Crippen LogP contribution in [0, 0.1) is 0 Å². The van der Waals surface area contributed by atoms with E-state index in [1.807, 2.05) is 66.7 Å². The number of carbonyl (C=O) groups is 1. The van der Waals surface area contributed by atoms with Gasteiger partial charge in [-0.05, 0) is 145 Å². The van der Waals surface area contributed by atoms with Crippen molar-refractivity contribution >= 4 is 50.9 Å². The molecule has 0 aliphatic carbocycles. The minimum absolute atomic E-state index is 0.0424. The summed E-state index contributed by atoms with van der Waals surface area (Å²) in [5, 5.41) is 0.555. The van der Waals surface area contributed by atoms with Gasteiger partial charge in [0.2, 0.25) is 0 Å². The van der Waals surface area contributed by atoms with Gasteiger partial charge in [-0.1, -0.05) is 84.0 Å². The standard InChI is InChI=1S/C51H39ClO3S3/c1-54-39-20-28-44(29-21-39)57(45-30-22-40(55-2)23-31-45)43-26-17-36(18-27-43)47-15-9-10-16-50(47)58(42-13-7-4-8-14-42)46-32-24-41(25-33-46)56-49-34-19-38(35-48(49)52)51(53)37-11-5-3-6-12-37/h3-35H,1-2H3/q+2. The van der Waals surface area contributed by atoms with Crippen LogP contribution in [0.15, 0.2) is 239 Å². The number of ketones is 1. The second-order valence-corrected chi connectivity index (χ2v) is 18.8. The zero-order valence-electron chi connectivity index (χ0n) is 31.9. The van der Waals surface area contributed by atoms with Crippen molar-refractivity contribution in [3.8, 4) is 22.6 Å². The molecule has 0 amide bonds. The van der Waals surface area contributed by atoms with Gasteiger partial charge in [0.1, 0.15) is 11.5 Å². The number of benzene rings is 8. The van der Waals surface area contributed by atoms with E-state index in [1.54, 1.807) is 32.0 Å². The maximum absolute atomic E-state index is 13.0. The van der Waals surface area contributed by atoms with Gasteiger partial charge in [0.15, 0.2) is 35.2 Å². The maximum Gasteiger partial charge on any atom is 0.193 e. The minimum Gasteiger partial charge on any atom is -0.497 e. The molecule has 0 aliphatic rings. The molecule has 0 aliphatic heterocycles. The zero-order chi connectivity index (χ0) is 39.8. The maximum atomic E-state index is 13.0. The summed E-state index contributed by atoms with van der Waals surface area (Å²) in [6, 6.07) is 68.9. The fraction of sp³-hybridized carbons (Fsp3) is 0.0392. The molecule has 8 rings (SSSR count). The molecule has 1 atom stereocenters. The lowest BCUT2D eigenvalue weighted by atomic mass is 10.0. The van der Waals surface area contributed by atoms with Crippen molar-refractivity contribution in [3.63, 3.8) is 0 Å². The first-order chi connectivity index (χ1) is 28.5. The summed E-state index contributed by atoms with van der Waals surface area (Å²) in [6.07, 6.45) is 0. The highest BCUT2D eigenvalue weighted by Crippen LogP contribution is 2.41. The highest BCUT2D eigenvalue weighted by Gasteiger charge is 2.33. The van der Waals surface area contributed by atoms with Crippen molar-refractivity contribution in [2.24, 2.45) is 0 Å². The van der Waals surface area contributed by atoms with Gasteiger partial charge >= 0.3 is 0 Å². The highest BCUT2D eigenvalue weighted by atomic mass is 35.5. The van der Waals surface area contributed by atoms with Crippen LogP contribution in [0.1, 0.15) is 15.9 Å². The molecule has 0 saturated heterocycles. The van der Waals surface area contributed by atoms with Gasteiger partial charge in [0.25, 0.3) is 0 Å². The van der Waals surface area contributed by atoms with E-state index < -0.39 is 0 Å². The van der Waals surface area contributed by atoms with E-state index in [1.165, 1.54) is 34.9 Å². The number of rotatable bonds is 13. The average Bonchev–Trinajstić information content (AvgIpc) is 3.29. The molecule has 1 unspecified atom stereocenters. The Morgan fingerprint density at radius 3 is 1.53 bits per heavy atom. The van der Waals surface area contributed by atoms with Crippen LogP contribution >= 0.6 is 23.4 Å². The van der Waals surface area contributed by atoms with Crippen LogP contribution in [-0.4, -0.2) is 20.0 Å². The van der Waals surface area contributed by atoms with Crippen LogP contribution in [-0.2, 0) is 21.8 Å². The van der Waals surface area contributed by atoms with Gasteiger partial charge in [0.05, 0.1) is 41.0 Å². The summed E-state index contributed by atoms with van der Waals surface area (Å²) in [7, 11) is 2.67. The topological polar surface area (TPSA) is 35.5 Å². The molecule has 0 spiro atoms. The largest absolute Gasteiger partial charge is 0.497 e. The van der Waals surface area contributed by atoms with E-state index in [0.29, 0.717) is 16.1 Å². The highest BCUT2D eigenvalue weighted by molar-refractivity contribution is 7.99. The fourth-order valence-electron chi connectivity index (χ4n) is 6.68. The number of ether oxygens (including phenoxy) is 2. The van der Waals surface area contributed by atoms with Gasteiger partial charge in [-0.2, -0.15) is 0 Å². The van der Waals surface area contributed by atoms with Crippen molar-refractivity contribution in [1.29, 1.82) is 0 Å². The summed E-state index contributed by atoms with van der Waals surface area (Å²) in [5.41, 5.74) is 3.58. The molecular formula is C51H39ClO3S3+2. The SMILES string of the molecule is COc1ccc([S+](c2ccc(OC)cc2)c2ccc(-c3ccccc3[S+](c3ccccc3)c3ccc(Sc4ccc(C(=O)c5ccccc5)cc4Cl)cc3)cc2)cc1. The molecule has 0 N–H and O–H groups in total. The summed E-state index contributed by atoms with van der Waals surface area (Å²) >= 11 is 8.35. The number of carbonyl (C=O) groups excluding carboxylic acids is 1. The predicted molar refractivity (Wildman–Crippen MR) is 241 cm³/mol. The number of methoxy groups -OCH3 is 2. The van der Waals surface area contributed by atoms with E-state index in [2.05, 4.69) is 127 Å². The van der Waals surface area contributed by atoms with E-state index in [0.717, 1.165) is 26.9 Å². The van der Waals surface area contributed by atoms with Crippen LogP contribution in [0.2, 0.25) is 5.02 Å². The van der Waals surface area contributed by atoms with Crippen LogP contribution in [0.5, 0.6) is 11.5 Å². The van der Waals surface area contributed by atoms with Crippen molar-refractivity contribution in [2.45, 2.75) is 39.2 Å². The van der Waals surface area contributed by atoms with Crippen molar-refractivity contribution in [3.05, 3.63) is 216 Å². The average molecular weight is 832 g/mol. The lowest BCUT2D eigenvalue weighted by molar-refractivity contribution is 0.103. The lowest BCUT2D eigenvalue weighted by Crippen LogP contribution is -2.07. The van der Waals surface area contributed by atoms with Crippen molar-refractivity contribution in [1.82, 2.24) is 0 Å². The molecule has 0 fully saturated rings. The normalized spacial score (nSPS) is 11.6. The van der Waals surface area contributed by atoms with Crippen LogP contribution in [0.4, 0.5) is 0 Å². The van der Waals surface area contributed by atoms with E-state index >= 15 is 0 Å². The molecule has 0 saturated carbocycles. The Morgan fingerprint density at radius 1 is 0.483 bits per heavy atom. The first kappa shape index (κ1) is 39.2. The molecule has 8 aromatic carbocycles. The van der Waals surface area contributed by atoms with Crippen molar-refractivity contribution in [2.75, 3.05) is 14.2 Å². The third-order valence-electron chi connectivity index (χ3n) is 9.59. The Balaban J connectivity index is 1.09. The number of halogens is 1. The molecule has 58 heavy (non-hydrogen) atoms. The predicted octanol–water partition coefficient (Wildman–Crippen LogP) is 13.6. The van der Waals surface area contributed by atoms with Crippen molar-refractivity contribution < 1.29 is 14.3 Å². The van der Waals surface area contributed by atoms with Gasteiger partial charge in [-0.25, -0.2) is 0 Å². The van der Waals surface area contributed by atoms with E-state index in [4.69, 9.17) is 21.1 Å². The number of hydrogen-bond donors (Lipinski definition) is 0. The van der Waals surface area contributed by atoms with Crippen LogP contribution < -0.4 is 9.47 Å². The van der Waals surface area contributed by atoms with Crippen LogP contribution in [0.3, 0.4) is 0 Å². The second-order valence-electron chi connectivity index (χ2n) is 13.2. The summed E-state index contributed by atoms with van der Waals surface area (Å²) in [6.45, 7) is 0. The number of hydrogen-bond acceptors (Lipinski definition) is 4. The summed E-state index contributed by atoms with van der Waals surface area (Å²) in [5.74, 6) is 1.63. The van der Waals surface area contributed by atoms with E-state index in [9.17, 15) is 4.79 Å². The molecule has 3 nitrogen and oxygen atoms in total. The molecule has 284 valence electrons. The molecule has 8 aromatic rings. The first-order valence-electron chi connectivity index (χ1n) is 18.7. The Hall–Kier alpha value is -5.63. The van der Waals surface area contributed by atoms with Gasteiger partial charge < -0.3 is 9.47 Å². The third kappa shape index (κ3) is 8.76. The minimum atomic E-state index is -0.387. The summed E-state index contributed by atoms with van der Waals surface area (Å²) < 4.78 is 11.0. The van der Waals surface area contributed by atoms with Gasteiger partial charge in [0, 0.05) is 26.5 Å². The second kappa shape index (κ2) is 18.3. The van der Waals surface area contributed by atoms with Gasteiger partial charge in [-0.3, -0.25) is 4.79 Å². The molecule has 0 bridgehead atoms. The smallest absolute Gasteiger partial charge is 0.193 e. The van der Waals surface area contributed by atoms with Gasteiger partial charge in [-0.15, -0.1) is 0 Å². The zero-order valence-corrected chi connectivity index (χ0v) is 35.1. The molecular weight excluding hydrogens is 792 g/mol. The molecule has 0 radical (unpaired) electrons. The quantitative estimate of drug-likeness (QED) is 0.0856. The third-order valence-corrected chi connectivity index (χ3v) is 15.6. The molecule has 0 aromatic heterocycles. The Labute approximate surface area is 355 Å². The first-order valence-corrected chi connectivity index (χ1v) is 22.3. The summed E-state index contributed by atoms with van der Waals surface area (Å²) in [4.78, 5) is 22.4. The van der Waals surface area contributed by atoms with Crippen LogP contribution in [0.25, 0.3) is 11.1 Å². The Morgan fingerprint density at radius 2 is 0.966 bits per heavy atom. The molecule has 7 heteroatoms. The monoisotopic (exact) mass is 830 g/mol. The fourth-order valence-corrected chi connectivity index (χ4v) is 12.1. The molecule has 0 heterocycles. The van der Waals surface area contributed by atoms with E-state index in [-0.39, 0.29) is 27.6 Å². The Bertz CT molecular complexity index is 2570. The lowest BCUT2D eigenvalue weighted by Gasteiger charge is -2.14.